The molecule has 1 aliphatic heterocycles. The molecule has 1 fully saturated rings. The van der Waals surface area contributed by atoms with E-state index in [1.54, 1.807) is 0 Å². The van der Waals surface area contributed by atoms with Gasteiger partial charge in [0.15, 0.2) is 0 Å². The molecule has 90 valence electrons. The average Bonchev–Trinajstić information content (AvgIpc) is 2.96. The van der Waals surface area contributed by atoms with Gasteiger partial charge in [0.1, 0.15) is 5.01 Å². The van der Waals surface area contributed by atoms with Crippen molar-refractivity contribution in [3.05, 3.63) is 23.2 Å². The zero-order valence-corrected chi connectivity index (χ0v) is 11.0. The van der Waals surface area contributed by atoms with E-state index in [9.17, 15) is 0 Å². The van der Waals surface area contributed by atoms with Gasteiger partial charge in [-0.25, -0.2) is 4.98 Å². The van der Waals surface area contributed by atoms with Crippen molar-refractivity contribution in [3.8, 4) is 0 Å². The molecule has 0 aliphatic carbocycles. The van der Waals surface area contributed by atoms with Crippen LogP contribution in [0.1, 0.15) is 23.9 Å². The number of nitrogens with zero attached hydrogens (tertiary/aromatic N) is 2. The number of anilines is 1. The highest BCUT2D eigenvalue weighted by molar-refractivity contribution is 7.18. The zero-order valence-electron chi connectivity index (χ0n) is 10.2. The molecule has 0 radical (unpaired) electrons. The van der Waals surface area contributed by atoms with Crippen molar-refractivity contribution in [2.75, 3.05) is 25.5 Å². The van der Waals surface area contributed by atoms with Gasteiger partial charge < -0.3 is 10.2 Å². The SMILES string of the molecule is CN(C)c1ccc2nc(C3CCCN3)sc2c1. The summed E-state index contributed by atoms with van der Waals surface area (Å²) in [5.41, 5.74) is 2.37. The summed E-state index contributed by atoms with van der Waals surface area (Å²) in [5.74, 6) is 0. The first-order valence-electron chi connectivity index (χ1n) is 6.05. The molecule has 1 N–H and O–H groups in total. The standard InChI is InChI=1S/C13H17N3S/c1-16(2)9-5-6-10-12(8-9)17-13(15-10)11-4-3-7-14-11/h5-6,8,11,14H,3-4,7H2,1-2H3. The lowest BCUT2D eigenvalue weighted by Crippen LogP contribution is -2.12. The van der Waals surface area contributed by atoms with Crippen molar-refractivity contribution in [2.45, 2.75) is 18.9 Å². The summed E-state index contributed by atoms with van der Waals surface area (Å²) in [5, 5.41) is 4.75. The normalized spacial score (nSPS) is 20.0. The zero-order chi connectivity index (χ0) is 11.8. The Morgan fingerprint density at radius 2 is 2.29 bits per heavy atom. The number of hydrogen-bond donors (Lipinski definition) is 1. The highest BCUT2D eigenvalue weighted by Crippen LogP contribution is 2.32. The van der Waals surface area contributed by atoms with Crippen molar-refractivity contribution in [2.24, 2.45) is 0 Å². The van der Waals surface area contributed by atoms with Gasteiger partial charge in [0.2, 0.25) is 0 Å². The van der Waals surface area contributed by atoms with Crippen LogP contribution in [0.4, 0.5) is 5.69 Å². The van der Waals surface area contributed by atoms with E-state index in [4.69, 9.17) is 4.98 Å². The number of rotatable bonds is 2. The van der Waals surface area contributed by atoms with Crippen LogP contribution in [0, 0.1) is 0 Å². The van der Waals surface area contributed by atoms with Crippen LogP contribution in [0.2, 0.25) is 0 Å². The lowest BCUT2D eigenvalue weighted by molar-refractivity contribution is 0.644. The topological polar surface area (TPSA) is 28.2 Å². The number of fused-ring (bicyclic) bond motifs is 1. The third kappa shape index (κ3) is 2.03. The minimum Gasteiger partial charge on any atom is -0.378 e. The third-order valence-corrected chi connectivity index (χ3v) is 4.40. The predicted molar refractivity (Wildman–Crippen MR) is 73.9 cm³/mol. The van der Waals surface area contributed by atoms with Gasteiger partial charge in [-0.05, 0) is 37.6 Å². The Morgan fingerprint density at radius 1 is 1.41 bits per heavy atom. The van der Waals surface area contributed by atoms with Crippen LogP contribution < -0.4 is 10.2 Å². The second kappa shape index (κ2) is 4.27. The predicted octanol–water partition coefficient (Wildman–Crippen LogP) is 2.79. The van der Waals surface area contributed by atoms with Crippen molar-refractivity contribution >= 4 is 27.2 Å². The van der Waals surface area contributed by atoms with E-state index in [1.807, 2.05) is 11.3 Å². The number of benzene rings is 1. The summed E-state index contributed by atoms with van der Waals surface area (Å²) >= 11 is 1.83. The van der Waals surface area contributed by atoms with Crippen LogP contribution in [-0.4, -0.2) is 25.6 Å². The molecule has 1 aromatic carbocycles. The lowest BCUT2D eigenvalue weighted by Gasteiger charge is -2.11. The van der Waals surface area contributed by atoms with Gasteiger partial charge in [-0.1, -0.05) is 0 Å². The Hall–Kier alpha value is -1.13. The summed E-state index contributed by atoms with van der Waals surface area (Å²) in [6.07, 6.45) is 2.49. The first-order valence-corrected chi connectivity index (χ1v) is 6.87. The number of nitrogens with one attached hydrogen (secondary N) is 1. The first-order chi connectivity index (χ1) is 8.24. The second-order valence-electron chi connectivity index (χ2n) is 4.75. The van der Waals surface area contributed by atoms with Crippen LogP contribution in [0.25, 0.3) is 10.2 Å². The molecular formula is C13H17N3S. The summed E-state index contributed by atoms with van der Waals surface area (Å²) in [4.78, 5) is 6.86. The first kappa shape index (κ1) is 11.0. The lowest BCUT2D eigenvalue weighted by atomic mass is 10.2. The quantitative estimate of drug-likeness (QED) is 0.884. The maximum atomic E-state index is 4.73. The monoisotopic (exact) mass is 247 g/mol. The Balaban J connectivity index is 2.00. The van der Waals surface area contributed by atoms with Gasteiger partial charge >= 0.3 is 0 Å². The molecule has 17 heavy (non-hydrogen) atoms. The van der Waals surface area contributed by atoms with Crippen LogP contribution in [0.5, 0.6) is 0 Å². The maximum Gasteiger partial charge on any atom is 0.111 e. The Labute approximate surface area is 105 Å². The van der Waals surface area contributed by atoms with Gasteiger partial charge in [0.25, 0.3) is 0 Å². The molecule has 0 amide bonds. The highest BCUT2D eigenvalue weighted by atomic mass is 32.1. The second-order valence-corrected chi connectivity index (χ2v) is 5.81. The van der Waals surface area contributed by atoms with Gasteiger partial charge in [-0.3, -0.25) is 0 Å². The molecule has 3 rings (SSSR count). The third-order valence-electron chi connectivity index (χ3n) is 3.26. The van der Waals surface area contributed by atoms with Crippen molar-refractivity contribution in [1.82, 2.24) is 10.3 Å². The van der Waals surface area contributed by atoms with E-state index >= 15 is 0 Å². The van der Waals surface area contributed by atoms with Gasteiger partial charge in [-0.15, -0.1) is 11.3 Å². The smallest absolute Gasteiger partial charge is 0.111 e. The van der Waals surface area contributed by atoms with E-state index in [0.717, 1.165) is 12.1 Å². The van der Waals surface area contributed by atoms with Gasteiger partial charge in [-0.2, -0.15) is 0 Å². The molecule has 2 heterocycles. The van der Waals surface area contributed by atoms with E-state index in [2.05, 4.69) is 42.5 Å². The van der Waals surface area contributed by atoms with E-state index in [0.29, 0.717) is 6.04 Å². The minimum atomic E-state index is 0.482. The van der Waals surface area contributed by atoms with Crippen LogP contribution in [0.3, 0.4) is 0 Å². The summed E-state index contributed by atoms with van der Waals surface area (Å²) in [6.45, 7) is 1.13. The maximum absolute atomic E-state index is 4.73. The fourth-order valence-electron chi connectivity index (χ4n) is 2.25. The molecule has 2 aromatic rings. The van der Waals surface area contributed by atoms with Gasteiger partial charge in [0.05, 0.1) is 16.3 Å². The summed E-state index contributed by atoms with van der Waals surface area (Å²) in [6, 6.07) is 6.97. The molecule has 1 aromatic heterocycles. The summed E-state index contributed by atoms with van der Waals surface area (Å²) < 4.78 is 1.29. The summed E-state index contributed by atoms with van der Waals surface area (Å²) in [7, 11) is 4.14. The Morgan fingerprint density at radius 3 is 3.00 bits per heavy atom. The number of thiazole rings is 1. The molecule has 4 heteroatoms. The molecule has 3 nitrogen and oxygen atoms in total. The molecule has 0 saturated carbocycles. The fourth-order valence-corrected chi connectivity index (χ4v) is 3.36. The Bertz CT molecular complexity index is 526. The molecule has 1 atom stereocenters. The molecule has 0 spiro atoms. The number of aromatic nitrogens is 1. The van der Waals surface area contributed by atoms with Gasteiger partial charge in [0, 0.05) is 19.8 Å². The number of hydrogen-bond acceptors (Lipinski definition) is 4. The minimum absolute atomic E-state index is 0.482. The molecule has 1 saturated heterocycles. The van der Waals surface area contributed by atoms with Crippen LogP contribution in [0.15, 0.2) is 18.2 Å². The molecular weight excluding hydrogens is 230 g/mol. The van der Waals surface area contributed by atoms with Crippen molar-refractivity contribution < 1.29 is 0 Å². The highest BCUT2D eigenvalue weighted by Gasteiger charge is 2.19. The van der Waals surface area contributed by atoms with Crippen LogP contribution in [-0.2, 0) is 0 Å². The Kier molecular flexibility index (Phi) is 2.76. The average molecular weight is 247 g/mol. The van der Waals surface area contributed by atoms with E-state index in [1.165, 1.54) is 28.2 Å². The van der Waals surface area contributed by atoms with Crippen molar-refractivity contribution in [1.29, 1.82) is 0 Å². The van der Waals surface area contributed by atoms with Crippen molar-refractivity contribution in [3.63, 3.8) is 0 Å². The fraction of sp³-hybridized carbons (Fsp3) is 0.462. The molecule has 0 bridgehead atoms. The van der Waals surface area contributed by atoms with E-state index in [-0.39, 0.29) is 0 Å². The van der Waals surface area contributed by atoms with E-state index < -0.39 is 0 Å². The largest absolute Gasteiger partial charge is 0.378 e. The molecule has 1 unspecified atom stereocenters. The molecule has 1 aliphatic rings. The van der Waals surface area contributed by atoms with Crippen LogP contribution >= 0.6 is 11.3 Å².